The number of nitrogens with zero attached hydrogens (tertiary/aromatic N) is 1. The maximum absolute atomic E-state index is 12.8. The van der Waals surface area contributed by atoms with Crippen LogP contribution in [0.2, 0.25) is 0 Å². The monoisotopic (exact) mass is 495 g/mol. The van der Waals surface area contributed by atoms with E-state index in [1.165, 1.54) is 38.4 Å². The first kappa shape index (κ1) is 26.1. The minimum atomic E-state index is -3.82. The Morgan fingerprint density at radius 1 is 0.771 bits per heavy atom. The average molecular weight is 496 g/mol. The number of anilines is 2. The molecule has 0 atom stereocenters. The Bertz CT molecular complexity index is 1310. The lowest BCUT2D eigenvalue weighted by Gasteiger charge is -2.19. The van der Waals surface area contributed by atoms with E-state index >= 15 is 0 Å². The minimum Gasteiger partial charge on any atom is -0.320 e. The molecule has 0 saturated carbocycles. The number of hydroxylamine groups is 1. The van der Waals surface area contributed by atoms with Crippen LogP contribution < -0.4 is 10.6 Å². The third kappa shape index (κ3) is 6.13. The predicted molar refractivity (Wildman–Crippen MR) is 136 cm³/mol. The van der Waals surface area contributed by atoms with Crippen molar-refractivity contribution in [2.45, 2.75) is 31.1 Å². The van der Waals surface area contributed by atoms with Gasteiger partial charge in [0.25, 0.3) is 21.8 Å². The molecule has 0 aromatic heterocycles. The summed E-state index contributed by atoms with van der Waals surface area (Å²) in [4.78, 5) is 30.3. The van der Waals surface area contributed by atoms with Crippen molar-refractivity contribution in [2.75, 3.05) is 24.8 Å². The average Bonchev–Trinajstić information content (AvgIpc) is 2.84. The van der Waals surface area contributed by atoms with Crippen LogP contribution in [-0.2, 0) is 20.3 Å². The zero-order valence-electron chi connectivity index (χ0n) is 20.3. The van der Waals surface area contributed by atoms with Crippen LogP contribution in [0.1, 0.15) is 47.1 Å². The summed E-state index contributed by atoms with van der Waals surface area (Å²) >= 11 is 0. The summed E-state index contributed by atoms with van der Waals surface area (Å²) in [7, 11) is -1.29. The van der Waals surface area contributed by atoms with Crippen molar-refractivity contribution >= 4 is 33.2 Å². The molecule has 0 bridgehead atoms. The molecule has 0 aliphatic carbocycles. The number of hydrogen-bond donors (Lipinski definition) is 2. The summed E-state index contributed by atoms with van der Waals surface area (Å²) in [5.41, 5.74) is 2.70. The van der Waals surface area contributed by atoms with Crippen LogP contribution >= 0.6 is 0 Å². The Morgan fingerprint density at radius 3 is 1.60 bits per heavy atom. The normalized spacial score (nSPS) is 11.8. The molecule has 184 valence electrons. The smallest absolute Gasteiger partial charge is 0.264 e. The van der Waals surface area contributed by atoms with Gasteiger partial charge in [-0.15, -0.1) is 0 Å². The lowest BCUT2D eigenvalue weighted by atomic mass is 9.87. The van der Waals surface area contributed by atoms with Gasteiger partial charge in [-0.3, -0.25) is 14.4 Å². The third-order valence-electron chi connectivity index (χ3n) is 5.45. The van der Waals surface area contributed by atoms with Gasteiger partial charge in [-0.1, -0.05) is 49.5 Å². The molecule has 0 saturated heterocycles. The molecular formula is C26H29N3O5S. The molecule has 0 aliphatic rings. The van der Waals surface area contributed by atoms with E-state index < -0.39 is 15.9 Å². The standard InChI is InChI=1S/C26H29N3O5S/c1-26(2,3)20-14-10-18(11-15-20)24(30)27-22-8-6-7-9-23(22)28-25(31)19-12-16-21(17-13-19)35(32,33)29(4)34-5/h6-17H,1-5H3,(H,27,30)(H,28,31). The molecule has 2 N–H and O–H groups in total. The predicted octanol–water partition coefficient (Wildman–Crippen LogP) is 4.67. The number of rotatable bonds is 7. The van der Waals surface area contributed by atoms with E-state index in [0.717, 1.165) is 10.0 Å². The molecule has 35 heavy (non-hydrogen) atoms. The Balaban J connectivity index is 1.75. The van der Waals surface area contributed by atoms with E-state index in [2.05, 4.69) is 31.4 Å². The van der Waals surface area contributed by atoms with E-state index in [-0.39, 0.29) is 21.8 Å². The maximum Gasteiger partial charge on any atom is 0.264 e. The van der Waals surface area contributed by atoms with E-state index in [4.69, 9.17) is 4.84 Å². The molecule has 8 nitrogen and oxygen atoms in total. The first-order valence-electron chi connectivity index (χ1n) is 10.9. The number of carbonyl (C=O) groups is 2. The highest BCUT2D eigenvalue weighted by atomic mass is 32.2. The number of sulfonamides is 1. The topological polar surface area (TPSA) is 105 Å². The summed E-state index contributed by atoms with van der Waals surface area (Å²) in [6.45, 7) is 6.31. The summed E-state index contributed by atoms with van der Waals surface area (Å²) in [6.07, 6.45) is 0. The highest BCUT2D eigenvalue weighted by Crippen LogP contribution is 2.25. The van der Waals surface area contributed by atoms with Crippen LogP contribution in [0.3, 0.4) is 0 Å². The van der Waals surface area contributed by atoms with E-state index in [1.807, 2.05) is 12.1 Å². The third-order valence-corrected chi connectivity index (χ3v) is 7.14. The lowest BCUT2D eigenvalue weighted by molar-refractivity contribution is -0.0258. The number of hydrogen-bond acceptors (Lipinski definition) is 5. The van der Waals surface area contributed by atoms with E-state index in [9.17, 15) is 18.0 Å². The van der Waals surface area contributed by atoms with Gasteiger partial charge in [-0.25, -0.2) is 8.42 Å². The molecule has 0 unspecified atom stereocenters. The number of amides is 2. The van der Waals surface area contributed by atoms with Crippen molar-refractivity contribution < 1.29 is 22.8 Å². The quantitative estimate of drug-likeness (QED) is 0.464. The summed E-state index contributed by atoms with van der Waals surface area (Å²) in [6, 6.07) is 19.7. The van der Waals surface area contributed by atoms with Gasteiger partial charge in [0.05, 0.1) is 23.4 Å². The van der Waals surface area contributed by atoms with Crippen molar-refractivity contribution in [2.24, 2.45) is 0 Å². The minimum absolute atomic E-state index is 0.0106. The lowest BCUT2D eigenvalue weighted by Crippen LogP contribution is -2.25. The number of benzene rings is 3. The highest BCUT2D eigenvalue weighted by Gasteiger charge is 2.21. The second-order valence-electron chi connectivity index (χ2n) is 8.90. The maximum atomic E-state index is 12.8. The van der Waals surface area contributed by atoms with Crippen LogP contribution in [-0.4, -0.2) is 38.9 Å². The van der Waals surface area contributed by atoms with Gasteiger partial charge in [-0.2, -0.15) is 0 Å². The molecular weight excluding hydrogens is 466 g/mol. The van der Waals surface area contributed by atoms with Gasteiger partial charge >= 0.3 is 0 Å². The summed E-state index contributed by atoms with van der Waals surface area (Å²) in [5, 5.41) is 5.60. The molecule has 0 aliphatic heterocycles. The van der Waals surface area contributed by atoms with Gasteiger partial charge < -0.3 is 10.6 Å². The van der Waals surface area contributed by atoms with Gasteiger partial charge in [0.1, 0.15) is 0 Å². The molecule has 3 rings (SSSR count). The molecule has 3 aromatic rings. The van der Waals surface area contributed by atoms with Gasteiger partial charge in [0.2, 0.25) is 0 Å². The molecule has 0 radical (unpaired) electrons. The second-order valence-corrected chi connectivity index (χ2v) is 10.8. The molecule has 9 heteroatoms. The van der Waals surface area contributed by atoms with Crippen molar-refractivity contribution in [3.05, 3.63) is 89.5 Å². The Hall–Kier alpha value is -3.53. The van der Waals surface area contributed by atoms with E-state index in [0.29, 0.717) is 16.9 Å². The summed E-state index contributed by atoms with van der Waals surface area (Å²) in [5.74, 6) is -0.755. The van der Waals surface area contributed by atoms with Crippen LogP contribution in [0, 0.1) is 0 Å². The fourth-order valence-electron chi connectivity index (χ4n) is 3.24. The van der Waals surface area contributed by atoms with Crippen molar-refractivity contribution in [1.82, 2.24) is 4.47 Å². The second kappa shape index (κ2) is 10.4. The van der Waals surface area contributed by atoms with Crippen molar-refractivity contribution in [1.29, 1.82) is 0 Å². The number of nitrogens with one attached hydrogen (secondary N) is 2. The summed E-state index contributed by atoms with van der Waals surface area (Å²) < 4.78 is 25.4. The number of carbonyl (C=O) groups excluding carboxylic acids is 2. The Labute approximate surface area is 205 Å². The largest absolute Gasteiger partial charge is 0.320 e. The molecule has 0 fully saturated rings. The first-order chi connectivity index (χ1) is 16.4. The van der Waals surface area contributed by atoms with Crippen LogP contribution in [0.5, 0.6) is 0 Å². The number of para-hydroxylation sites is 2. The van der Waals surface area contributed by atoms with Crippen LogP contribution in [0.25, 0.3) is 0 Å². The van der Waals surface area contributed by atoms with Crippen LogP contribution in [0.15, 0.2) is 77.7 Å². The highest BCUT2D eigenvalue weighted by molar-refractivity contribution is 7.89. The molecule has 2 amide bonds. The Kier molecular flexibility index (Phi) is 7.74. The molecule has 0 spiro atoms. The fraction of sp³-hybridized carbons (Fsp3) is 0.231. The molecule has 0 heterocycles. The SMILES string of the molecule is CON(C)S(=O)(=O)c1ccc(C(=O)Nc2ccccc2NC(=O)c2ccc(C(C)(C)C)cc2)cc1. The Morgan fingerprint density at radius 2 is 1.20 bits per heavy atom. The van der Waals surface area contributed by atoms with Crippen molar-refractivity contribution in [3.8, 4) is 0 Å². The van der Waals surface area contributed by atoms with Gasteiger partial charge in [-0.05, 0) is 59.5 Å². The van der Waals surface area contributed by atoms with Crippen LogP contribution in [0.4, 0.5) is 11.4 Å². The first-order valence-corrected chi connectivity index (χ1v) is 12.3. The zero-order valence-corrected chi connectivity index (χ0v) is 21.1. The van der Waals surface area contributed by atoms with E-state index in [1.54, 1.807) is 36.4 Å². The molecule has 3 aromatic carbocycles. The van der Waals surface area contributed by atoms with Gasteiger partial charge in [0.15, 0.2) is 0 Å². The van der Waals surface area contributed by atoms with Crippen molar-refractivity contribution in [3.63, 3.8) is 0 Å². The fourth-order valence-corrected chi connectivity index (χ4v) is 4.21. The van der Waals surface area contributed by atoms with Gasteiger partial charge in [0, 0.05) is 18.2 Å². The zero-order chi connectivity index (χ0) is 25.8.